The molecule has 1 saturated carbocycles. The predicted molar refractivity (Wildman–Crippen MR) is 75.8 cm³/mol. The zero-order valence-corrected chi connectivity index (χ0v) is 13.7. The number of hydrogen-bond acceptors (Lipinski definition) is 2. The van der Waals surface area contributed by atoms with Gasteiger partial charge in [-0.3, -0.25) is 4.79 Å². The van der Waals surface area contributed by atoms with Gasteiger partial charge in [0.15, 0.2) is 0 Å². The van der Waals surface area contributed by atoms with E-state index in [0.29, 0.717) is 11.7 Å². The van der Waals surface area contributed by atoms with Crippen molar-refractivity contribution in [3.63, 3.8) is 0 Å². The minimum absolute atomic E-state index is 0.222. The molecule has 3 nitrogen and oxygen atoms in total. The van der Waals surface area contributed by atoms with Gasteiger partial charge in [-0.25, -0.2) is 0 Å². The first kappa shape index (κ1) is 16.4. The third kappa shape index (κ3) is 6.37. The summed E-state index contributed by atoms with van der Waals surface area (Å²) in [5.74, 6) is 0.0416. The first-order valence-corrected chi connectivity index (χ1v) is 7.83. The summed E-state index contributed by atoms with van der Waals surface area (Å²) in [5, 5.41) is 7.72. The van der Waals surface area contributed by atoms with Crippen LogP contribution in [0.2, 0.25) is 0 Å². The van der Waals surface area contributed by atoms with Crippen LogP contribution in [-0.2, 0) is 16.0 Å². The van der Waals surface area contributed by atoms with Gasteiger partial charge in [0.1, 0.15) is 0 Å². The van der Waals surface area contributed by atoms with Gasteiger partial charge in [0.05, 0.1) is 0 Å². The number of Topliss-reactive ketones (excluding diaryl/α,β-unsaturated/α-hetero) is 1. The van der Waals surface area contributed by atoms with E-state index in [2.05, 4.69) is 24.3 Å². The molecule has 0 aromatic heterocycles. The number of ketones is 1. The molecule has 0 aliphatic heterocycles. The summed E-state index contributed by atoms with van der Waals surface area (Å²) in [6.07, 6.45) is 4.19. The van der Waals surface area contributed by atoms with Gasteiger partial charge in [0, 0.05) is 6.42 Å². The van der Waals surface area contributed by atoms with Crippen LogP contribution < -0.4 is 2.81 Å². The van der Waals surface area contributed by atoms with Crippen LogP contribution in [0.15, 0.2) is 24.3 Å². The Morgan fingerprint density at radius 3 is 2.37 bits per heavy atom. The van der Waals surface area contributed by atoms with Gasteiger partial charge in [0.25, 0.3) is 0 Å². The molecule has 0 bridgehead atoms. The van der Waals surface area contributed by atoms with Crippen LogP contribution in [0.4, 0.5) is 0 Å². The fourth-order valence-corrected chi connectivity index (χ4v) is 2.45. The molecule has 1 aromatic carbocycles. The average Bonchev–Trinajstić information content (AvgIpc) is 2.79. The van der Waals surface area contributed by atoms with Gasteiger partial charge >= 0.3 is 109 Å². The van der Waals surface area contributed by atoms with E-state index >= 15 is 0 Å². The van der Waals surface area contributed by atoms with E-state index in [-0.39, 0.29) is 6.42 Å². The van der Waals surface area contributed by atoms with Crippen LogP contribution in [-0.4, -0.2) is 44.8 Å². The zero-order valence-electron chi connectivity index (χ0n) is 11.7. The molecule has 2 rings (SSSR count). The zero-order chi connectivity index (χ0) is 14.3. The predicted octanol–water partition coefficient (Wildman–Crippen LogP) is 1.87. The molecule has 1 N–H and O–H groups in total. The Labute approximate surface area is 131 Å². The molecule has 0 saturated heterocycles. The monoisotopic (exact) mass is 270 g/mol. The van der Waals surface area contributed by atoms with Gasteiger partial charge in [-0.15, -0.1) is 0 Å². The second kappa shape index (κ2) is 8.51. The summed E-state index contributed by atoms with van der Waals surface area (Å²) >= 11 is 1.11. The Morgan fingerprint density at radius 1 is 1.37 bits per heavy atom. The summed E-state index contributed by atoms with van der Waals surface area (Å²) in [5.41, 5.74) is 1.32. The third-order valence-electron chi connectivity index (χ3n) is 3.34. The van der Waals surface area contributed by atoms with Crippen LogP contribution in [0.1, 0.15) is 38.2 Å². The quantitative estimate of drug-likeness (QED) is 0.853. The normalized spacial score (nSPS) is 17.8. The first-order chi connectivity index (χ1) is 9.02. The SMILES string of the molecule is CCC(=O)O.O=C1CCCC1Cc1cc[c]([Na])cc1. The van der Waals surface area contributed by atoms with Gasteiger partial charge in [-0.2, -0.15) is 0 Å². The molecule has 1 atom stereocenters. The maximum absolute atomic E-state index is 11.5. The van der Waals surface area contributed by atoms with E-state index in [1.165, 1.54) is 8.38 Å². The fourth-order valence-electron chi connectivity index (χ4n) is 2.11. The number of aliphatic carboxylic acids is 1. The van der Waals surface area contributed by atoms with Crippen LogP contribution in [0.25, 0.3) is 0 Å². The van der Waals surface area contributed by atoms with E-state index in [1.807, 2.05) is 0 Å². The fraction of sp³-hybridized carbons (Fsp3) is 0.467. The van der Waals surface area contributed by atoms with Crippen LogP contribution in [0, 0.1) is 5.92 Å². The molecule has 4 heteroatoms. The molecule has 98 valence electrons. The number of rotatable bonds is 3. The Kier molecular flexibility index (Phi) is 7.36. The average molecular weight is 270 g/mol. The summed E-state index contributed by atoms with van der Waals surface area (Å²) in [6, 6.07) is 8.71. The van der Waals surface area contributed by atoms with E-state index in [1.54, 1.807) is 6.92 Å². The summed E-state index contributed by atoms with van der Waals surface area (Å²) in [7, 11) is 0. The standard InChI is InChI=1S/C12H13O.C3H6O2.Na/c13-12-8-4-7-11(12)9-10-5-2-1-3-6-10;1-2-3(4)5;/h2-3,5-6,11H,4,7-9H2;2H2,1H3,(H,4,5);. The molecular weight excluding hydrogens is 251 g/mol. The van der Waals surface area contributed by atoms with Crippen molar-refractivity contribution in [3.8, 4) is 0 Å². The number of benzene rings is 1. The van der Waals surface area contributed by atoms with E-state index in [4.69, 9.17) is 5.11 Å². The van der Waals surface area contributed by atoms with Crippen molar-refractivity contribution >= 4 is 42.5 Å². The van der Waals surface area contributed by atoms with Crippen LogP contribution in [0.5, 0.6) is 0 Å². The summed E-state index contributed by atoms with van der Waals surface area (Å²) in [6.45, 7) is 1.60. The Morgan fingerprint density at radius 2 is 1.95 bits per heavy atom. The number of carboxylic acids is 1. The molecule has 1 aromatic rings. The van der Waals surface area contributed by atoms with Crippen molar-refractivity contribution in [3.05, 3.63) is 29.8 Å². The molecule has 1 fully saturated rings. The van der Waals surface area contributed by atoms with Gasteiger partial charge in [-0.1, -0.05) is 6.92 Å². The summed E-state index contributed by atoms with van der Waals surface area (Å²) in [4.78, 5) is 20.8. The van der Waals surface area contributed by atoms with Crippen molar-refractivity contribution in [2.24, 2.45) is 5.92 Å². The van der Waals surface area contributed by atoms with E-state index in [0.717, 1.165) is 53.6 Å². The molecule has 1 unspecified atom stereocenters. The van der Waals surface area contributed by atoms with Crippen molar-refractivity contribution < 1.29 is 14.7 Å². The van der Waals surface area contributed by atoms with Gasteiger partial charge in [0.2, 0.25) is 0 Å². The van der Waals surface area contributed by atoms with Gasteiger partial charge in [-0.05, 0) is 0 Å². The number of carbonyl (C=O) groups is 2. The van der Waals surface area contributed by atoms with E-state index < -0.39 is 5.97 Å². The van der Waals surface area contributed by atoms with Gasteiger partial charge < -0.3 is 5.11 Å². The number of carboxylic acid groups (broad SMARTS) is 1. The molecule has 0 amide bonds. The molecule has 0 spiro atoms. The van der Waals surface area contributed by atoms with Crippen molar-refractivity contribution in [1.82, 2.24) is 0 Å². The Hall–Kier alpha value is -0.640. The molecule has 1 aliphatic rings. The van der Waals surface area contributed by atoms with Crippen LogP contribution in [0.3, 0.4) is 0 Å². The molecule has 0 heterocycles. The van der Waals surface area contributed by atoms with E-state index in [9.17, 15) is 9.59 Å². The summed E-state index contributed by atoms with van der Waals surface area (Å²) < 4.78 is 1.42. The molecule has 1 aliphatic carbocycles. The minimum atomic E-state index is -0.745. The maximum atomic E-state index is 11.5. The Bertz CT molecular complexity index is 426. The van der Waals surface area contributed by atoms with Crippen molar-refractivity contribution in [2.45, 2.75) is 39.0 Å². The second-order valence-corrected chi connectivity index (χ2v) is 6.15. The number of hydrogen-bond donors (Lipinski definition) is 1. The van der Waals surface area contributed by atoms with Crippen LogP contribution >= 0.6 is 0 Å². The Balaban J connectivity index is 0.000000312. The molecule has 0 radical (unpaired) electrons. The molecular formula is C15H19NaO3. The third-order valence-corrected chi connectivity index (χ3v) is 4.00. The molecule has 19 heavy (non-hydrogen) atoms. The number of carbonyl (C=O) groups excluding carboxylic acids is 1. The van der Waals surface area contributed by atoms with Crippen molar-refractivity contribution in [2.75, 3.05) is 0 Å². The topological polar surface area (TPSA) is 54.4 Å². The first-order valence-electron chi connectivity index (χ1n) is 6.83. The second-order valence-electron chi connectivity index (χ2n) is 4.99. The van der Waals surface area contributed by atoms with Crippen molar-refractivity contribution in [1.29, 1.82) is 0 Å².